The van der Waals surface area contributed by atoms with E-state index in [0.29, 0.717) is 29.7 Å². The van der Waals surface area contributed by atoms with Crippen LogP contribution in [0.25, 0.3) is 0 Å². The number of ketones is 1. The maximum atomic E-state index is 13.1. The highest BCUT2D eigenvalue weighted by Gasteiger charge is 2.54. The van der Waals surface area contributed by atoms with Crippen LogP contribution in [0.5, 0.6) is 5.75 Å². The highest BCUT2D eigenvalue weighted by Crippen LogP contribution is 2.46. The molecule has 25 heavy (non-hydrogen) atoms. The van der Waals surface area contributed by atoms with Crippen LogP contribution in [0, 0.1) is 12.8 Å². The zero-order valence-electron chi connectivity index (χ0n) is 14.1. The van der Waals surface area contributed by atoms with Gasteiger partial charge in [0.15, 0.2) is 11.4 Å². The number of Topliss-reactive ketones (excluding diaryl/α,β-unsaturated/α-hetero) is 1. The van der Waals surface area contributed by atoms with Gasteiger partial charge in [-0.15, -0.1) is 0 Å². The largest absolute Gasteiger partial charge is 0.496 e. The van der Waals surface area contributed by atoms with Crippen molar-refractivity contribution in [3.63, 3.8) is 0 Å². The SMILES string of the molecule is COc1ccc2c(c1C)CC[C@H]([C@@]1(O)C(=O)Nc3ccccc31)C2=O. The molecular weight excluding hydrogens is 318 g/mol. The lowest BCUT2D eigenvalue weighted by atomic mass is 9.70. The third kappa shape index (κ3) is 2.05. The molecule has 128 valence electrons. The van der Waals surface area contributed by atoms with Gasteiger partial charge in [-0.2, -0.15) is 0 Å². The first-order valence-electron chi connectivity index (χ1n) is 8.32. The van der Waals surface area contributed by atoms with E-state index in [1.807, 2.05) is 6.92 Å². The van der Waals surface area contributed by atoms with Gasteiger partial charge in [0.05, 0.1) is 13.0 Å². The molecule has 1 aliphatic heterocycles. The Morgan fingerprint density at radius 2 is 1.96 bits per heavy atom. The molecule has 1 heterocycles. The molecule has 0 spiro atoms. The minimum absolute atomic E-state index is 0.193. The first kappa shape index (κ1) is 15.8. The van der Waals surface area contributed by atoms with E-state index in [-0.39, 0.29) is 5.78 Å². The summed E-state index contributed by atoms with van der Waals surface area (Å²) in [6.07, 6.45) is 1.03. The molecule has 0 fully saturated rings. The molecule has 0 saturated carbocycles. The minimum Gasteiger partial charge on any atom is -0.496 e. The van der Waals surface area contributed by atoms with E-state index in [9.17, 15) is 14.7 Å². The summed E-state index contributed by atoms with van der Waals surface area (Å²) in [6, 6.07) is 10.5. The third-order valence-corrected chi connectivity index (χ3v) is 5.47. The number of nitrogens with one attached hydrogen (secondary N) is 1. The molecule has 2 atom stereocenters. The van der Waals surface area contributed by atoms with Crippen molar-refractivity contribution in [1.29, 1.82) is 0 Å². The standard InChI is InChI=1S/C20H19NO4/c1-11-12-7-9-15(18(22)13(12)8-10-17(11)25-2)20(24)14-5-3-4-6-16(14)21-19(20)23/h3-6,8,10,15,24H,7,9H2,1-2H3,(H,21,23)/t15-,20+/m0/s1. The molecular formula is C20H19NO4. The Labute approximate surface area is 145 Å². The average Bonchev–Trinajstić information content (AvgIpc) is 2.88. The zero-order chi connectivity index (χ0) is 17.8. The van der Waals surface area contributed by atoms with Gasteiger partial charge >= 0.3 is 0 Å². The molecule has 5 heteroatoms. The van der Waals surface area contributed by atoms with Crippen LogP contribution in [-0.2, 0) is 16.8 Å². The number of para-hydroxylation sites is 1. The summed E-state index contributed by atoms with van der Waals surface area (Å²) in [5.74, 6) is -0.772. The van der Waals surface area contributed by atoms with Gasteiger partial charge in [-0.25, -0.2) is 0 Å². The second-order valence-electron chi connectivity index (χ2n) is 6.64. The van der Waals surface area contributed by atoms with E-state index in [4.69, 9.17) is 4.74 Å². The summed E-state index contributed by atoms with van der Waals surface area (Å²) in [6.45, 7) is 1.93. The van der Waals surface area contributed by atoms with Gasteiger partial charge in [-0.1, -0.05) is 18.2 Å². The van der Waals surface area contributed by atoms with E-state index in [1.54, 1.807) is 43.5 Å². The normalized spacial score (nSPS) is 24.5. The molecule has 0 unspecified atom stereocenters. The number of rotatable bonds is 2. The van der Waals surface area contributed by atoms with Crippen molar-refractivity contribution in [3.05, 3.63) is 58.7 Å². The molecule has 5 nitrogen and oxygen atoms in total. The first-order valence-corrected chi connectivity index (χ1v) is 8.32. The summed E-state index contributed by atoms with van der Waals surface area (Å²) in [4.78, 5) is 25.7. The van der Waals surface area contributed by atoms with E-state index in [0.717, 1.165) is 16.9 Å². The molecule has 0 aromatic heterocycles. The monoisotopic (exact) mass is 337 g/mol. The smallest absolute Gasteiger partial charge is 0.261 e. The van der Waals surface area contributed by atoms with Crippen LogP contribution in [0.15, 0.2) is 36.4 Å². The van der Waals surface area contributed by atoms with Gasteiger partial charge in [0, 0.05) is 16.8 Å². The molecule has 2 N–H and O–H groups in total. The lowest BCUT2D eigenvalue weighted by Gasteiger charge is -2.34. The fourth-order valence-corrected chi connectivity index (χ4v) is 4.13. The number of ether oxygens (including phenoxy) is 1. The molecule has 4 rings (SSSR count). The fraction of sp³-hybridized carbons (Fsp3) is 0.300. The lowest BCUT2D eigenvalue weighted by molar-refractivity contribution is -0.138. The Kier molecular flexibility index (Phi) is 3.44. The fourth-order valence-electron chi connectivity index (χ4n) is 4.13. The Bertz CT molecular complexity index is 905. The van der Waals surface area contributed by atoms with Crippen LogP contribution < -0.4 is 10.1 Å². The summed E-state index contributed by atoms with van der Waals surface area (Å²) in [5, 5.41) is 13.9. The first-order chi connectivity index (χ1) is 12.0. The van der Waals surface area contributed by atoms with Crippen molar-refractivity contribution in [1.82, 2.24) is 0 Å². The van der Waals surface area contributed by atoms with Gasteiger partial charge in [0.2, 0.25) is 0 Å². The number of methoxy groups -OCH3 is 1. The van der Waals surface area contributed by atoms with Crippen molar-refractivity contribution in [2.24, 2.45) is 5.92 Å². The molecule has 2 aliphatic rings. The number of benzene rings is 2. The molecule has 1 amide bonds. The maximum absolute atomic E-state index is 13.1. The van der Waals surface area contributed by atoms with E-state index in [2.05, 4.69) is 5.32 Å². The van der Waals surface area contributed by atoms with Gasteiger partial charge in [0.1, 0.15) is 5.75 Å². The predicted octanol–water partition coefficient (Wildman–Crippen LogP) is 2.59. The molecule has 2 aromatic rings. The summed E-state index contributed by atoms with van der Waals surface area (Å²) in [7, 11) is 1.60. The van der Waals surface area contributed by atoms with E-state index < -0.39 is 17.4 Å². The summed E-state index contributed by atoms with van der Waals surface area (Å²) in [5.41, 5.74) is 1.68. The molecule has 0 radical (unpaired) electrons. The third-order valence-electron chi connectivity index (χ3n) is 5.47. The number of aliphatic hydroxyl groups is 1. The topological polar surface area (TPSA) is 75.6 Å². The van der Waals surface area contributed by atoms with Crippen LogP contribution in [-0.4, -0.2) is 23.9 Å². The van der Waals surface area contributed by atoms with Gasteiger partial charge in [-0.05, 0) is 49.1 Å². The van der Waals surface area contributed by atoms with Crippen molar-refractivity contribution in [3.8, 4) is 5.75 Å². The van der Waals surface area contributed by atoms with Gasteiger partial charge in [-0.3, -0.25) is 9.59 Å². The average molecular weight is 337 g/mol. The Hall–Kier alpha value is -2.66. The van der Waals surface area contributed by atoms with Crippen molar-refractivity contribution in [2.75, 3.05) is 12.4 Å². The van der Waals surface area contributed by atoms with Gasteiger partial charge in [0.25, 0.3) is 5.91 Å². The summed E-state index contributed by atoms with van der Waals surface area (Å²) >= 11 is 0. The van der Waals surface area contributed by atoms with E-state index >= 15 is 0 Å². The number of amides is 1. The predicted molar refractivity (Wildman–Crippen MR) is 92.8 cm³/mol. The van der Waals surface area contributed by atoms with Crippen LogP contribution in [0.2, 0.25) is 0 Å². The quantitative estimate of drug-likeness (QED) is 0.883. The number of carbonyl (C=O) groups excluding carboxylic acids is 2. The van der Waals surface area contributed by atoms with E-state index in [1.165, 1.54) is 0 Å². The number of fused-ring (bicyclic) bond motifs is 2. The maximum Gasteiger partial charge on any atom is 0.261 e. The second-order valence-corrected chi connectivity index (χ2v) is 6.64. The van der Waals surface area contributed by atoms with Crippen LogP contribution in [0.3, 0.4) is 0 Å². The lowest BCUT2D eigenvalue weighted by Crippen LogP contribution is -2.47. The number of carbonyl (C=O) groups is 2. The molecule has 0 saturated heterocycles. The number of hydrogen-bond donors (Lipinski definition) is 2. The van der Waals surface area contributed by atoms with Gasteiger partial charge < -0.3 is 15.2 Å². The minimum atomic E-state index is -1.82. The van der Waals surface area contributed by atoms with Crippen molar-refractivity contribution >= 4 is 17.4 Å². The Balaban J connectivity index is 1.80. The van der Waals surface area contributed by atoms with Crippen molar-refractivity contribution in [2.45, 2.75) is 25.4 Å². The highest BCUT2D eigenvalue weighted by atomic mass is 16.5. The number of anilines is 1. The van der Waals surface area contributed by atoms with Crippen LogP contribution >= 0.6 is 0 Å². The zero-order valence-corrected chi connectivity index (χ0v) is 14.1. The highest BCUT2D eigenvalue weighted by molar-refractivity contribution is 6.11. The Morgan fingerprint density at radius 1 is 1.20 bits per heavy atom. The van der Waals surface area contributed by atoms with Crippen LogP contribution in [0.1, 0.15) is 33.5 Å². The summed E-state index contributed by atoms with van der Waals surface area (Å²) < 4.78 is 5.33. The second kappa shape index (κ2) is 5.43. The molecule has 0 bridgehead atoms. The number of hydrogen-bond acceptors (Lipinski definition) is 4. The molecule has 2 aromatic carbocycles. The van der Waals surface area contributed by atoms with Crippen molar-refractivity contribution < 1.29 is 19.4 Å². The Morgan fingerprint density at radius 3 is 2.72 bits per heavy atom. The van der Waals surface area contributed by atoms with Crippen LogP contribution in [0.4, 0.5) is 5.69 Å². The molecule has 1 aliphatic carbocycles.